The van der Waals surface area contributed by atoms with Gasteiger partial charge in [0.25, 0.3) is 0 Å². The van der Waals surface area contributed by atoms with E-state index in [0.717, 1.165) is 44.5 Å². The Morgan fingerprint density at radius 2 is 1.95 bits per heavy atom. The fourth-order valence-corrected chi connectivity index (χ4v) is 5.12. The lowest BCUT2D eigenvalue weighted by Crippen LogP contribution is -2.37. The number of ether oxygens (including phenoxy) is 1. The van der Waals surface area contributed by atoms with Crippen molar-refractivity contribution in [3.05, 3.63) is 71.2 Å². The number of allylic oxidation sites excluding steroid dienone is 5. The quantitative estimate of drug-likeness (QED) is 0.443. The van der Waals surface area contributed by atoms with Crippen LogP contribution < -0.4 is 15.4 Å². The molecule has 1 fully saturated rings. The molecule has 1 saturated heterocycles. The first-order chi connectivity index (χ1) is 18.0. The number of hydrogen-bond acceptors (Lipinski definition) is 5. The molecular weight excluding hydrogens is 469 g/mol. The number of halogens is 1. The van der Waals surface area contributed by atoms with E-state index in [9.17, 15) is 9.59 Å². The number of likely N-dealkylation sites (tertiary alicyclic amines) is 1. The molecule has 1 aromatic carbocycles. The molecule has 37 heavy (non-hydrogen) atoms. The number of piperidine rings is 1. The SMILES string of the molecule is COc1ccc(C2=CNC3C=C(CCCCC(=O)NCCN4CCCCC4)/C=C\C/C(F)=C\3C2=O)cc1. The molecule has 3 aliphatic rings. The van der Waals surface area contributed by atoms with E-state index in [0.29, 0.717) is 29.9 Å². The van der Waals surface area contributed by atoms with Crippen LogP contribution in [-0.2, 0) is 9.59 Å². The summed E-state index contributed by atoms with van der Waals surface area (Å²) in [5.74, 6) is 0.0950. The second-order valence-electron chi connectivity index (χ2n) is 9.89. The average molecular weight is 508 g/mol. The number of hydrogen-bond donors (Lipinski definition) is 2. The standard InChI is InChI=1S/C30H38FN3O3/c1-37-24-14-12-23(13-15-24)25-21-33-27-20-22(9-7-10-26(31)29(27)30(25)36)8-3-4-11-28(35)32-16-19-34-17-5-2-6-18-34/h7,9,12-15,20-21,27,33H,2-6,8,10-11,16-19H2,1H3,(H,32,35)/b9-7-,22-20?,29-26-. The number of carbonyl (C=O) groups is 2. The summed E-state index contributed by atoms with van der Waals surface area (Å²) < 4.78 is 20.2. The lowest BCUT2D eigenvalue weighted by Gasteiger charge is -2.26. The van der Waals surface area contributed by atoms with Crippen LogP contribution in [0.4, 0.5) is 4.39 Å². The number of nitrogens with zero attached hydrogens (tertiary/aromatic N) is 1. The molecule has 1 aromatic rings. The number of Topliss-reactive ketones (excluding diaryl/α,β-unsaturated/α-hetero) is 1. The molecule has 2 aliphatic heterocycles. The van der Waals surface area contributed by atoms with E-state index < -0.39 is 11.9 Å². The van der Waals surface area contributed by atoms with E-state index in [1.165, 1.54) is 19.3 Å². The van der Waals surface area contributed by atoms with Gasteiger partial charge in [0.2, 0.25) is 5.91 Å². The van der Waals surface area contributed by atoms with Gasteiger partial charge in [-0.3, -0.25) is 9.59 Å². The van der Waals surface area contributed by atoms with Crippen molar-refractivity contribution in [2.75, 3.05) is 33.3 Å². The third-order valence-electron chi connectivity index (χ3n) is 7.23. The van der Waals surface area contributed by atoms with Gasteiger partial charge in [0, 0.05) is 37.7 Å². The van der Waals surface area contributed by atoms with Crippen molar-refractivity contribution in [1.29, 1.82) is 0 Å². The smallest absolute Gasteiger partial charge is 0.220 e. The normalized spacial score (nSPS) is 23.1. The Labute approximate surface area is 219 Å². The second kappa shape index (κ2) is 13.4. The Hall–Kier alpha value is -3.19. The summed E-state index contributed by atoms with van der Waals surface area (Å²) in [6.07, 6.45) is 14.2. The van der Waals surface area contributed by atoms with Crippen molar-refractivity contribution in [3.8, 4) is 5.75 Å². The molecule has 0 bridgehead atoms. The first-order valence-corrected chi connectivity index (χ1v) is 13.5. The number of methoxy groups -OCH3 is 1. The summed E-state index contributed by atoms with van der Waals surface area (Å²) in [7, 11) is 1.59. The van der Waals surface area contributed by atoms with Crippen molar-refractivity contribution in [2.45, 2.75) is 57.4 Å². The van der Waals surface area contributed by atoms with Gasteiger partial charge in [0.15, 0.2) is 5.78 Å². The van der Waals surface area contributed by atoms with Crippen LogP contribution in [0.3, 0.4) is 0 Å². The molecule has 2 N–H and O–H groups in total. The van der Waals surface area contributed by atoms with E-state index in [4.69, 9.17) is 4.74 Å². The zero-order valence-electron chi connectivity index (χ0n) is 21.7. The molecule has 7 heteroatoms. The van der Waals surface area contributed by atoms with Gasteiger partial charge in [-0.15, -0.1) is 0 Å². The maximum atomic E-state index is 15.0. The summed E-state index contributed by atoms with van der Waals surface area (Å²) >= 11 is 0. The molecular formula is C30H38FN3O3. The summed E-state index contributed by atoms with van der Waals surface area (Å²) in [6, 6.07) is 6.67. The molecule has 0 aromatic heterocycles. The predicted octanol–water partition coefficient (Wildman–Crippen LogP) is 4.85. The monoisotopic (exact) mass is 507 g/mol. The van der Waals surface area contributed by atoms with Gasteiger partial charge >= 0.3 is 0 Å². The van der Waals surface area contributed by atoms with Gasteiger partial charge < -0.3 is 20.3 Å². The highest BCUT2D eigenvalue weighted by atomic mass is 19.1. The number of benzene rings is 1. The number of amides is 1. The van der Waals surface area contributed by atoms with Gasteiger partial charge in [0.05, 0.1) is 18.7 Å². The first-order valence-electron chi connectivity index (χ1n) is 13.5. The maximum absolute atomic E-state index is 15.0. The molecule has 1 unspecified atom stereocenters. The zero-order valence-corrected chi connectivity index (χ0v) is 21.7. The first kappa shape index (κ1) is 26.9. The minimum Gasteiger partial charge on any atom is -0.497 e. The molecule has 1 atom stereocenters. The molecule has 4 rings (SSSR count). The number of carbonyl (C=O) groups excluding carboxylic acids is 2. The van der Waals surface area contributed by atoms with Gasteiger partial charge in [0.1, 0.15) is 11.6 Å². The van der Waals surface area contributed by atoms with Gasteiger partial charge in [-0.2, -0.15) is 0 Å². The third kappa shape index (κ3) is 7.41. The topological polar surface area (TPSA) is 70.7 Å². The summed E-state index contributed by atoms with van der Waals surface area (Å²) in [4.78, 5) is 27.9. The van der Waals surface area contributed by atoms with Crippen LogP contribution in [0.2, 0.25) is 0 Å². The number of fused-ring (bicyclic) bond motifs is 1. The van der Waals surface area contributed by atoms with E-state index in [2.05, 4.69) is 15.5 Å². The van der Waals surface area contributed by atoms with Gasteiger partial charge in [-0.1, -0.05) is 36.8 Å². The van der Waals surface area contributed by atoms with Crippen LogP contribution >= 0.6 is 0 Å². The van der Waals surface area contributed by atoms with Crippen LogP contribution in [-0.4, -0.2) is 55.9 Å². The van der Waals surface area contributed by atoms with Gasteiger partial charge in [-0.05, 0) is 68.5 Å². The Bertz CT molecular complexity index is 1080. The molecule has 6 nitrogen and oxygen atoms in total. The van der Waals surface area contributed by atoms with Crippen molar-refractivity contribution in [1.82, 2.24) is 15.5 Å². The Kier molecular flexibility index (Phi) is 9.71. The molecule has 198 valence electrons. The molecule has 0 spiro atoms. The van der Waals surface area contributed by atoms with Crippen LogP contribution in [0, 0.1) is 0 Å². The fourth-order valence-electron chi connectivity index (χ4n) is 5.12. The van der Waals surface area contributed by atoms with Crippen LogP contribution in [0.1, 0.15) is 56.9 Å². The molecule has 0 radical (unpaired) electrons. The summed E-state index contributed by atoms with van der Waals surface area (Å²) in [5, 5.41) is 6.26. The Morgan fingerprint density at radius 3 is 2.70 bits per heavy atom. The molecule has 1 amide bonds. The van der Waals surface area contributed by atoms with E-state index in [1.54, 1.807) is 43.7 Å². The Morgan fingerprint density at radius 1 is 1.16 bits per heavy atom. The molecule has 1 aliphatic carbocycles. The zero-order chi connectivity index (χ0) is 26.0. The minimum atomic E-state index is -0.507. The van der Waals surface area contributed by atoms with Crippen molar-refractivity contribution >= 4 is 17.3 Å². The minimum absolute atomic E-state index is 0.0892. The predicted molar refractivity (Wildman–Crippen MR) is 145 cm³/mol. The second-order valence-corrected chi connectivity index (χ2v) is 9.89. The molecule has 0 saturated carbocycles. The summed E-state index contributed by atoms with van der Waals surface area (Å²) in [5.41, 5.74) is 2.37. The average Bonchev–Trinajstić information content (AvgIpc) is 2.90. The lowest BCUT2D eigenvalue weighted by molar-refractivity contribution is -0.121. The largest absolute Gasteiger partial charge is 0.497 e. The third-order valence-corrected chi connectivity index (χ3v) is 7.23. The fraction of sp³-hybridized carbons (Fsp3) is 0.467. The van der Waals surface area contributed by atoms with Gasteiger partial charge in [-0.25, -0.2) is 4.39 Å². The highest BCUT2D eigenvalue weighted by Gasteiger charge is 2.31. The van der Waals surface area contributed by atoms with E-state index >= 15 is 4.39 Å². The van der Waals surface area contributed by atoms with E-state index in [1.807, 2.05) is 12.2 Å². The van der Waals surface area contributed by atoms with E-state index in [-0.39, 0.29) is 23.7 Å². The Balaban J connectivity index is 1.29. The van der Waals surface area contributed by atoms with Crippen molar-refractivity contribution in [2.24, 2.45) is 0 Å². The number of ketones is 1. The van der Waals surface area contributed by atoms with Crippen LogP contribution in [0.25, 0.3) is 5.57 Å². The van der Waals surface area contributed by atoms with Crippen molar-refractivity contribution < 1.29 is 18.7 Å². The van der Waals surface area contributed by atoms with Crippen LogP contribution in [0.5, 0.6) is 5.75 Å². The maximum Gasteiger partial charge on any atom is 0.220 e. The lowest BCUT2D eigenvalue weighted by atomic mass is 9.86. The summed E-state index contributed by atoms with van der Waals surface area (Å²) in [6.45, 7) is 3.91. The highest BCUT2D eigenvalue weighted by Crippen LogP contribution is 2.31. The number of rotatable bonds is 10. The number of nitrogens with one attached hydrogen (secondary N) is 2. The van der Waals surface area contributed by atoms with Crippen LogP contribution in [0.15, 0.2) is 65.7 Å². The highest BCUT2D eigenvalue weighted by molar-refractivity contribution is 6.30. The number of unbranched alkanes of at least 4 members (excludes halogenated alkanes) is 1. The molecule has 2 heterocycles. The van der Waals surface area contributed by atoms with Crippen molar-refractivity contribution in [3.63, 3.8) is 0 Å².